The molecule has 0 radical (unpaired) electrons. The summed E-state index contributed by atoms with van der Waals surface area (Å²) in [6.45, 7) is 0. The van der Waals surface area contributed by atoms with Crippen molar-refractivity contribution in [2.75, 3.05) is 5.32 Å². The highest BCUT2D eigenvalue weighted by Crippen LogP contribution is 2.36. The van der Waals surface area contributed by atoms with E-state index in [1.165, 1.54) is 23.5 Å². The van der Waals surface area contributed by atoms with E-state index in [4.69, 9.17) is 0 Å². The number of amides is 1. The van der Waals surface area contributed by atoms with Crippen LogP contribution in [0.25, 0.3) is 4.96 Å². The lowest BCUT2D eigenvalue weighted by Gasteiger charge is -2.25. The van der Waals surface area contributed by atoms with Gasteiger partial charge in [-0.15, -0.1) is 11.3 Å². The Hall–Kier alpha value is -3.07. The van der Waals surface area contributed by atoms with E-state index in [9.17, 15) is 19.7 Å². The lowest BCUT2D eigenvalue weighted by molar-refractivity contribution is -0.384. The normalized spacial score (nSPS) is 16.7. The van der Waals surface area contributed by atoms with Crippen molar-refractivity contribution in [3.8, 4) is 0 Å². The number of carbonyl (C=O) groups excluding carboxylic acids is 1. The highest BCUT2D eigenvalue weighted by molar-refractivity contribution is 7.15. The summed E-state index contributed by atoms with van der Waals surface area (Å²) in [4.78, 5) is 39.6. The molecule has 120 valence electrons. The molecule has 0 aliphatic carbocycles. The molecular formula is C15H10N4O4S. The van der Waals surface area contributed by atoms with Gasteiger partial charge in [0.25, 0.3) is 11.2 Å². The van der Waals surface area contributed by atoms with E-state index >= 15 is 0 Å². The number of benzene rings is 1. The molecule has 24 heavy (non-hydrogen) atoms. The van der Waals surface area contributed by atoms with Gasteiger partial charge in [0.15, 0.2) is 4.96 Å². The Morgan fingerprint density at radius 1 is 1.38 bits per heavy atom. The zero-order valence-corrected chi connectivity index (χ0v) is 12.9. The molecule has 0 spiro atoms. The quantitative estimate of drug-likeness (QED) is 0.567. The van der Waals surface area contributed by atoms with Crippen LogP contribution in [-0.2, 0) is 4.79 Å². The molecule has 0 bridgehead atoms. The summed E-state index contributed by atoms with van der Waals surface area (Å²) < 4.78 is 1.66. The molecule has 1 aliphatic heterocycles. The molecule has 3 aromatic rings. The van der Waals surface area contributed by atoms with Gasteiger partial charge in [0.2, 0.25) is 5.91 Å². The van der Waals surface area contributed by atoms with E-state index in [0.29, 0.717) is 21.9 Å². The van der Waals surface area contributed by atoms with Crippen LogP contribution in [0.2, 0.25) is 0 Å². The molecule has 0 saturated carbocycles. The van der Waals surface area contributed by atoms with Crippen LogP contribution in [0.3, 0.4) is 0 Å². The van der Waals surface area contributed by atoms with E-state index < -0.39 is 16.4 Å². The predicted octanol–water partition coefficient (Wildman–Crippen LogP) is 2.14. The van der Waals surface area contributed by atoms with Crippen LogP contribution in [0.1, 0.15) is 23.5 Å². The second-order valence-corrected chi connectivity index (χ2v) is 6.26. The molecule has 1 amide bonds. The number of nitro benzene ring substituents is 1. The summed E-state index contributed by atoms with van der Waals surface area (Å²) in [6.07, 6.45) is 1.77. The molecule has 1 N–H and O–H groups in total. The number of fused-ring (bicyclic) bond motifs is 3. The SMILES string of the molecule is O=C1C[C@@H](c2cccc([N+](=O)[O-])c2)c2c(n3ccsc3nc2=O)N1. The predicted molar refractivity (Wildman–Crippen MR) is 87.5 cm³/mol. The van der Waals surface area contributed by atoms with Crippen molar-refractivity contribution in [2.45, 2.75) is 12.3 Å². The van der Waals surface area contributed by atoms with E-state index in [0.717, 1.165) is 0 Å². The highest BCUT2D eigenvalue weighted by atomic mass is 32.1. The van der Waals surface area contributed by atoms with Crippen molar-refractivity contribution in [3.63, 3.8) is 0 Å². The van der Waals surface area contributed by atoms with Gasteiger partial charge in [-0.1, -0.05) is 12.1 Å². The average Bonchev–Trinajstić information content (AvgIpc) is 3.02. The average molecular weight is 342 g/mol. The Morgan fingerprint density at radius 3 is 3.00 bits per heavy atom. The molecule has 0 unspecified atom stereocenters. The number of hydrogen-bond acceptors (Lipinski definition) is 6. The molecule has 0 fully saturated rings. The molecular weight excluding hydrogens is 332 g/mol. The minimum atomic E-state index is -0.564. The Bertz CT molecular complexity index is 1060. The van der Waals surface area contributed by atoms with Gasteiger partial charge in [0, 0.05) is 36.0 Å². The van der Waals surface area contributed by atoms with Crippen LogP contribution in [-0.4, -0.2) is 20.2 Å². The molecule has 3 heterocycles. The van der Waals surface area contributed by atoms with Gasteiger partial charge in [0.05, 0.1) is 10.5 Å². The van der Waals surface area contributed by atoms with Crippen molar-refractivity contribution in [3.05, 3.63) is 67.4 Å². The minimum absolute atomic E-state index is 0.0429. The summed E-state index contributed by atoms with van der Waals surface area (Å²) in [7, 11) is 0. The first-order valence-corrected chi connectivity index (χ1v) is 7.96. The molecule has 2 aromatic heterocycles. The first kappa shape index (κ1) is 14.5. The Balaban J connectivity index is 1.96. The third kappa shape index (κ3) is 2.17. The molecule has 8 nitrogen and oxygen atoms in total. The van der Waals surface area contributed by atoms with Crippen LogP contribution >= 0.6 is 11.3 Å². The largest absolute Gasteiger partial charge is 0.311 e. The maximum absolute atomic E-state index is 12.5. The van der Waals surface area contributed by atoms with Gasteiger partial charge in [-0.2, -0.15) is 4.98 Å². The third-order valence-electron chi connectivity index (χ3n) is 3.99. The summed E-state index contributed by atoms with van der Waals surface area (Å²) in [6, 6.07) is 6.01. The van der Waals surface area contributed by atoms with Crippen LogP contribution < -0.4 is 10.9 Å². The molecule has 0 saturated heterocycles. The standard InChI is InChI=1S/C15H10N4O4S/c20-11-7-10(8-2-1-3-9(6-8)19(22)23)12-13(16-11)18-4-5-24-15(18)17-14(12)21/h1-6,10H,7H2,(H,16,20)/t10-/m0/s1. The number of anilines is 1. The lowest BCUT2D eigenvalue weighted by atomic mass is 9.86. The van der Waals surface area contributed by atoms with Gasteiger partial charge in [-0.25, -0.2) is 0 Å². The Kier molecular flexibility index (Phi) is 3.17. The van der Waals surface area contributed by atoms with Crippen LogP contribution in [0.4, 0.5) is 11.5 Å². The van der Waals surface area contributed by atoms with Crippen molar-refractivity contribution in [1.82, 2.24) is 9.38 Å². The summed E-state index contributed by atoms with van der Waals surface area (Å²) >= 11 is 1.29. The third-order valence-corrected chi connectivity index (χ3v) is 4.75. The first-order valence-electron chi connectivity index (χ1n) is 7.08. The lowest BCUT2D eigenvalue weighted by Crippen LogP contribution is -2.31. The number of nitrogens with one attached hydrogen (secondary N) is 1. The number of nitrogens with zero attached hydrogens (tertiary/aromatic N) is 3. The van der Waals surface area contributed by atoms with E-state index in [1.807, 2.05) is 0 Å². The summed E-state index contributed by atoms with van der Waals surface area (Å²) in [5.74, 6) is -0.422. The Labute approximate surface area is 138 Å². The van der Waals surface area contributed by atoms with Gasteiger partial charge in [-0.3, -0.25) is 24.1 Å². The molecule has 9 heteroatoms. The molecule has 1 aromatic carbocycles. The van der Waals surface area contributed by atoms with E-state index in [2.05, 4.69) is 10.3 Å². The van der Waals surface area contributed by atoms with Gasteiger partial charge in [-0.05, 0) is 5.56 Å². The van der Waals surface area contributed by atoms with Crippen LogP contribution in [0.5, 0.6) is 0 Å². The number of rotatable bonds is 2. The maximum Gasteiger partial charge on any atom is 0.279 e. The fourth-order valence-electron chi connectivity index (χ4n) is 2.95. The highest BCUT2D eigenvalue weighted by Gasteiger charge is 2.32. The monoisotopic (exact) mass is 342 g/mol. The van der Waals surface area contributed by atoms with Crippen molar-refractivity contribution >= 4 is 33.7 Å². The maximum atomic E-state index is 12.5. The number of carbonyl (C=O) groups is 1. The molecule has 1 aliphatic rings. The second kappa shape index (κ2) is 5.24. The van der Waals surface area contributed by atoms with E-state index in [-0.39, 0.29) is 18.0 Å². The number of nitro groups is 1. The number of non-ortho nitro benzene ring substituents is 1. The number of aromatic nitrogens is 2. The van der Waals surface area contributed by atoms with Gasteiger partial charge in [0.1, 0.15) is 5.82 Å². The smallest absolute Gasteiger partial charge is 0.279 e. The minimum Gasteiger partial charge on any atom is -0.311 e. The number of hydrogen-bond donors (Lipinski definition) is 1. The van der Waals surface area contributed by atoms with Crippen molar-refractivity contribution < 1.29 is 9.72 Å². The van der Waals surface area contributed by atoms with Gasteiger partial charge >= 0.3 is 0 Å². The Morgan fingerprint density at radius 2 is 2.21 bits per heavy atom. The topological polar surface area (TPSA) is 107 Å². The van der Waals surface area contributed by atoms with Crippen molar-refractivity contribution in [2.24, 2.45) is 0 Å². The zero-order chi connectivity index (χ0) is 16.8. The fraction of sp³-hybridized carbons (Fsp3) is 0.133. The first-order chi connectivity index (χ1) is 11.5. The molecule has 4 rings (SSSR count). The number of thiazole rings is 1. The van der Waals surface area contributed by atoms with Crippen molar-refractivity contribution in [1.29, 1.82) is 0 Å². The van der Waals surface area contributed by atoms with Crippen LogP contribution in [0, 0.1) is 10.1 Å². The van der Waals surface area contributed by atoms with E-state index in [1.54, 1.807) is 28.1 Å². The summed E-state index contributed by atoms with van der Waals surface area (Å²) in [5.41, 5.74) is 0.397. The fourth-order valence-corrected chi connectivity index (χ4v) is 3.66. The summed E-state index contributed by atoms with van der Waals surface area (Å²) in [5, 5.41) is 15.5. The molecule has 1 atom stereocenters. The van der Waals surface area contributed by atoms with Crippen LogP contribution in [0.15, 0.2) is 40.6 Å². The zero-order valence-electron chi connectivity index (χ0n) is 12.1. The second-order valence-electron chi connectivity index (χ2n) is 5.39. The van der Waals surface area contributed by atoms with Gasteiger partial charge < -0.3 is 5.32 Å².